The Morgan fingerprint density at radius 2 is 1.54 bits per heavy atom. The summed E-state index contributed by atoms with van der Waals surface area (Å²) in [4.78, 5) is 14.2. The summed E-state index contributed by atoms with van der Waals surface area (Å²) in [6.45, 7) is 3.60. The summed E-state index contributed by atoms with van der Waals surface area (Å²) in [6.07, 6.45) is -0.633. The molecule has 2 rings (SSSR count). The highest BCUT2D eigenvalue weighted by Gasteiger charge is 2.24. The van der Waals surface area contributed by atoms with Crippen LogP contribution in [0.3, 0.4) is 0 Å². The number of halogens is 1. The third-order valence-electron chi connectivity index (χ3n) is 4.00. The third kappa shape index (κ3) is 4.25. The molecule has 4 nitrogen and oxygen atoms in total. The van der Waals surface area contributed by atoms with Gasteiger partial charge < -0.3 is 14.4 Å². The first-order valence-electron chi connectivity index (χ1n) is 7.75. The highest BCUT2D eigenvalue weighted by atomic mass is 19.1. The number of hydrogen-bond donors (Lipinski definition) is 0. The van der Waals surface area contributed by atoms with Gasteiger partial charge in [0, 0.05) is 7.05 Å². The molecule has 0 aliphatic carbocycles. The first kappa shape index (κ1) is 17.8. The predicted octanol–water partition coefficient (Wildman–Crippen LogP) is 3.82. The van der Waals surface area contributed by atoms with E-state index in [1.807, 2.05) is 6.92 Å². The van der Waals surface area contributed by atoms with Crippen LogP contribution in [0.1, 0.15) is 25.5 Å². The molecule has 2 aromatic carbocycles. The molecule has 128 valence electrons. The monoisotopic (exact) mass is 331 g/mol. The number of rotatable bonds is 6. The molecule has 0 aliphatic rings. The van der Waals surface area contributed by atoms with Crippen LogP contribution in [-0.2, 0) is 4.79 Å². The molecule has 5 heteroatoms. The number of nitrogens with zero attached hydrogens (tertiary/aromatic N) is 1. The molecule has 2 unspecified atom stereocenters. The summed E-state index contributed by atoms with van der Waals surface area (Å²) in [7, 11) is 3.30. The van der Waals surface area contributed by atoms with Gasteiger partial charge in [0.05, 0.1) is 13.2 Å². The van der Waals surface area contributed by atoms with Crippen LogP contribution in [0.5, 0.6) is 11.5 Å². The number of carbonyl (C=O) groups excluding carboxylic acids is 1. The van der Waals surface area contributed by atoms with Crippen molar-refractivity contribution < 1.29 is 18.7 Å². The molecule has 0 spiro atoms. The third-order valence-corrected chi connectivity index (χ3v) is 4.00. The second-order valence-electron chi connectivity index (χ2n) is 5.61. The van der Waals surface area contributed by atoms with Gasteiger partial charge in [0.25, 0.3) is 5.91 Å². The SMILES string of the molecule is COc1ccc(OC(C)C(=O)N(C)C(C)c2ccc(F)cc2)cc1. The average Bonchev–Trinajstić information content (AvgIpc) is 2.61. The standard InChI is InChI=1S/C19H22FNO3/c1-13(15-5-7-16(20)8-6-15)21(3)19(22)14(2)24-18-11-9-17(23-4)10-12-18/h5-14H,1-4H3. The topological polar surface area (TPSA) is 38.8 Å². The summed E-state index contributed by atoms with van der Waals surface area (Å²) in [5.74, 6) is 0.877. The lowest BCUT2D eigenvalue weighted by atomic mass is 10.1. The molecule has 2 aromatic rings. The average molecular weight is 331 g/mol. The molecule has 0 N–H and O–H groups in total. The Hall–Kier alpha value is -2.56. The van der Waals surface area contributed by atoms with Gasteiger partial charge in [-0.15, -0.1) is 0 Å². The fraction of sp³-hybridized carbons (Fsp3) is 0.316. The van der Waals surface area contributed by atoms with Crippen LogP contribution in [0.2, 0.25) is 0 Å². The Morgan fingerprint density at radius 3 is 2.08 bits per heavy atom. The molecule has 2 atom stereocenters. The zero-order chi connectivity index (χ0) is 17.7. The lowest BCUT2D eigenvalue weighted by Gasteiger charge is -2.28. The van der Waals surface area contributed by atoms with Crippen LogP contribution < -0.4 is 9.47 Å². The van der Waals surface area contributed by atoms with Crippen LogP contribution in [0.25, 0.3) is 0 Å². The Morgan fingerprint density at radius 1 is 1.00 bits per heavy atom. The van der Waals surface area contributed by atoms with E-state index in [0.29, 0.717) is 5.75 Å². The summed E-state index contributed by atoms with van der Waals surface area (Å²) < 4.78 is 23.8. The van der Waals surface area contributed by atoms with Gasteiger partial charge in [-0.05, 0) is 55.8 Å². The molecule has 24 heavy (non-hydrogen) atoms. The molecule has 0 saturated heterocycles. The van der Waals surface area contributed by atoms with Gasteiger partial charge in [-0.1, -0.05) is 12.1 Å². The summed E-state index contributed by atoms with van der Waals surface area (Å²) in [5.41, 5.74) is 0.865. The van der Waals surface area contributed by atoms with E-state index in [9.17, 15) is 9.18 Å². The van der Waals surface area contributed by atoms with E-state index in [1.165, 1.54) is 12.1 Å². The molecule has 0 fully saturated rings. The Balaban J connectivity index is 2.01. The first-order valence-corrected chi connectivity index (χ1v) is 7.75. The van der Waals surface area contributed by atoms with Gasteiger partial charge in [0.1, 0.15) is 17.3 Å². The van der Waals surface area contributed by atoms with Crippen LogP contribution in [0.15, 0.2) is 48.5 Å². The zero-order valence-corrected chi connectivity index (χ0v) is 14.3. The number of benzene rings is 2. The van der Waals surface area contributed by atoms with E-state index >= 15 is 0 Å². The van der Waals surface area contributed by atoms with E-state index in [1.54, 1.807) is 62.4 Å². The van der Waals surface area contributed by atoms with Crippen molar-refractivity contribution in [2.24, 2.45) is 0 Å². The van der Waals surface area contributed by atoms with Crippen molar-refractivity contribution in [2.45, 2.75) is 26.0 Å². The number of ether oxygens (including phenoxy) is 2. The molecule has 0 heterocycles. The van der Waals surface area contributed by atoms with Gasteiger partial charge in [-0.3, -0.25) is 4.79 Å². The van der Waals surface area contributed by atoms with E-state index in [2.05, 4.69) is 0 Å². The van der Waals surface area contributed by atoms with Gasteiger partial charge in [-0.25, -0.2) is 4.39 Å². The highest BCUT2D eigenvalue weighted by molar-refractivity contribution is 5.81. The molecule has 0 aliphatic heterocycles. The maximum absolute atomic E-state index is 13.0. The van der Waals surface area contributed by atoms with E-state index < -0.39 is 6.10 Å². The fourth-order valence-corrected chi connectivity index (χ4v) is 2.35. The molecule has 0 radical (unpaired) electrons. The van der Waals surface area contributed by atoms with Crippen LogP contribution in [0.4, 0.5) is 4.39 Å². The zero-order valence-electron chi connectivity index (χ0n) is 14.3. The molecular weight excluding hydrogens is 309 g/mol. The molecular formula is C19H22FNO3. The van der Waals surface area contributed by atoms with E-state index in [0.717, 1.165) is 11.3 Å². The van der Waals surface area contributed by atoms with E-state index in [-0.39, 0.29) is 17.8 Å². The highest BCUT2D eigenvalue weighted by Crippen LogP contribution is 2.22. The molecule has 0 bridgehead atoms. The molecule has 1 amide bonds. The van der Waals surface area contributed by atoms with Crippen molar-refractivity contribution >= 4 is 5.91 Å². The molecule has 0 aromatic heterocycles. The minimum absolute atomic E-state index is 0.150. The van der Waals surface area contributed by atoms with Crippen LogP contribution in [-0.4, -0.2) is 31.1 Å². The number of methoxy groups -OCH3 is 1. The Kier molecular flexibility index (Phi) is 5.79. The maximum Gasteiger partial charge on any atom is 0.263 e. The number of amides is 1. The second kappa shape index (κ2) is 7.81. The number of hydrogen-bond acceptors (Lipinski definition) is 3. The summed E-state index contributed by atoms with van der Waals surface area (Å²) in [6, 6.07) is 13.0. The first-order chi connectivity index (χ1) is 11.4. The second-order valence-corrected chi connectivity index (χ2v) is 5.61. The lowest BCUT2D eigenvalue weighted by Crippen LogP contribution is -2.39. The molecule has 0 saturated carbocycles. The summed E-state index contributed by atoms with van der Waals surface area (Å²) >= 11 is 0. The fourth-order valence-electron chi connectivity index (χ4n) is 2.35. The van der Waals surface area contributed by atoms with Crippen LogP contribution >= 0.6 is 0 Å². The van der Waals surface area contributed by atoms with Crippen molar-refractivity contribution in [3.05, 3.63) is 59.9 Å². The van der Waals surface area contributed by atoms with E-state index in [4.69, 9.17) is 9.47 Å². The van der Waals surface area contributed by atoms with Gasteiger partial charge >= 0.3 is 0 Å². The van der Waals surface area contributed by atoms with Crippen molar-refractivity contribution in [3.8, 4) is 11.5 Å². The number of carbonyl (C=O) groups is 1. The van der Waals surface area contributed by atoms with Crippen molar-refractivity contribution in [3.63, 3.8) is 0 Å². The minimum atomic E-state index is -0.633. The smallest absolute Gasteiger partial charge is 0.263 e. The predicted molar refractivity (Wildman–Crippen MR) is 90.7 cm³/mol. The largest absolute Gasteiger partial charge is 0.497 e. The van der Waals surface area contributed by atoms with Crippen LogP contribution in [0, 0.1) is 5.82 Å². The Labute approximate surface area is 141 Å². The quantitative estimate of drug-likeness (QED) is 0.808. The summed E-state index contributed by atoms with van der Waals surface area (Å²) in [5, 5.41) is 0. The Bertz CT molecular complexity index is 670. The normalized spacial score (nSPS) is 13.0. The minimum Gasteiger partial charge on any atom is -0.497 e. The van der Waals surface area contributed by atoms with Gasteiger partial charge in [0.2, 0.25) is 0 Å². The van der Waals surface area contributed by atoms with Crippen molar-refractivity contribution in [1.29, 1.82) is 0 Å². The van der Waals surface area contributed by atoms with Crippen molar-refractivity contribution in [1.82, 2.24) is 4.90 Å². The van der Waals surface area contributed by atoms with Gasteiger partial charge in [0.15, 0.2) is 6.10 Å². The van der Waals surface area contributed by atoms with Crippen molar-refractivity contribution in [2.75, 3.05) is 14.2 Å². The lowest BCUT2D eigenvalue weighted by molar-refractivity contribution is -0.138. The maximum atomic E-state index is 13.0. The number of likely N-dealkylation sites (N-methyl/N-ethyl adjacent to an activating group) is 1. The van der Waals surface area contributed by atoms with Gasteiger partial charge in [-0.2, -0.15) is 0 Å².